The Hall–Kier alpha value is -1.59. The molecule has 1 heterocycles. The van der Waals surface area contributed by atoms with Gasteiger partial charge in [0.1, 0.15) is 5.75 Å². The molecule has 0 aromatic heterocycles. The standard InChI is InChI=1S/C19H31N3O2/c1-12(17-13(2)21-22-14(17)3)18(23)20-19(4,5)11-15-9-7-8-10-16(15)24-6/h7-10,12-14,17,21-22H,11H2,1-6H3,(H,20,23). The summed E-state index contributed by atoms with van der Waals surface area (Å²) in [7, 11) is 1.68. The normalized spacial score (nSPS) is 25.3. The van der Waals surface area contributed by atoms with Gasteiger partial charge in [0.25, 0.3) is 0 Å². The zero-order valence-electron chi connectivity index (χ0n) is 15.6. The molecule has 3 N–H and O–H groups in total. The number of carbonyl (C=O) groups is 1. The van der Waals surface area contributed by atoms with Crippen molar-refractivity contribution in [2.24, 2.45) is 11.8 Å². The Morgan fingerprint density at radius 1 is 1.25 bits per heavy atom. The average molecular weight is 333 g/mol. The van der Waals surface area contributed by atoms with Gasteiger partial charge in [-0.25, -0.2) is 0 Å². The Morgan fingerprint density at radius 2 is 1.83 bits per heavy atom. The summed E-state index contributed by atoms with van der Waals surface area (Å²) in [6.07, 6.45) is 0.724. The van der Waals surface area contributed by atoms with Gasteiger partial charge in [0.15, 0.2) is 0 Å². The molecule has 1 aliphatic heterocycles. The van der Waals surface area contributed by atoms with Crippen molar-refractivity contribution in [2.45, 2.75) is 58.7 Å². The largest absolute Gasteiger partial charge is 0.496 e. The summed E-state index contributed by atoms with van der Waals surface area (Å²) in [5.41, 5.74) is 7.21. The van der Waals surface area contributed by atoms with E-state index < -0.39 is 0 Å². The second-order valence-corrected chi connectivity index (χ2v) is 7.59. The van der Waals surface area contributed by atoms with Crippen molar-refractivity contribution in [2.75, 3.05) is 7.11 Å². The molecule has 1 saturated heterocycles. The van der Waals surface area contributed by atoms with Crippen molar-refractivity contribution in [3.05, 3.63) is 29.8 Å². The first-order chi connectivity index (χ1) is 11.2. The third-order valence-electron chi connectivity index (χ3n) is 4.97. The van der Waals surface area contributed by atoms with Crippen LogP contribution in [0.1, 0.15) is 40.2 Å². The van der Waals surface area contributed by atoms with E-state index in [1.807, 2.05) is 31.2 Å². The van der Waals surface area contributed by atoms with E-state index in [0.29, 0.717) is 0 Å². The molecule has 1 aromatic rings. The molecule has 1 aliphatic rings. The Bertz CT molecular complexity index is 563. The number of hydrogen-bond donors (Lipinski definition) is 3. The highest BCUT2D eigenvalue weighted by atomic mass is 16.5. The van der Waals surface area contributed by atoms with E-state index in [2.05, 4.69) is 43.9 Å². The first kappa shape index (κ1) is 18.7. The highest BCUT2D eigenvalue weighted by Gasteiger charge is 2.38. The molecule has 5 nitrogen and oxygen atoms in total. The molecular weight excluding hydrogens is 302 g/mol. The molecule has 1 fully saturated rings. The molecule has 5 heteroatoms. The summed E-state index contributed by atoms with van der Waals surface area (Å²) < 4.78 is 5.42. The molecular formula is C19H31N3O2. The monoisotopic (exact) mass is 333 g/mol. The van der Waals surface area contributed by atoms with Gasteiger partial charge in [0.2, 0.25) is 5.91 Å². The molecule has 24 heavy (non-hydrogen) atoms. The number of hydrazine groups is 1. The average Bonchev–Trinajstić information content (AvgIpc) is 2.85. The van der Waals surface area contributed by atoms with E-state index in [1.165, 1.54) is 0 Å². The molecule has 1 aromatic carbocycles. The molecule has 3 atom stereocenters. The van der Waals surface area contributed by atoms with Gasteiger partial charge in [-0.3, -0.25) is 15.6 Å². The van der Waals surface area contributed by atoms with Crippen LogP contribution in [-0.4, -0.2) is 30.6 Å². The maximum atomic E-state index is 12.8. The Labute approximate surface area is 145 Å². The second-order valence-electron chi connectivity index (χ2n) is 7.59. The number of nitrogens with one attached hydrogen (secondary N) is 3. The van der Waals surface area contributed by atoms with E-state index in [-0.39, 0.29) is 35.4 Å². The Morgan fingerprint density at radius 3 is 2.42 bits per heavy atom. The van der Waals surface area contributed by atoms with Crippen LogP contribution in [0.25, 0.3) is 0 Å². The molecule has 3 unspecified atom stereocenters. The number of para-hydroxylation sites is 1. The molecule has 134 valence electrons. The lowest BCUT2D eigenvalue weighted by Gasteiger charge is -2.31. The zero-order valence-corrected chi connectivity index (χ0v) is 15.6. The molecule has 0 aliphatic carbocycles. The first-order valence-corrected chi connectivity index (χ1v) is 8.70. The summed E-state index contributed by atoms with van der Waals surface area (Å²) in [6.45, 7) is 10.4. The number of benzene rings is 1. The zero-order chi connectivity index (χ0) is 17.9. The van der Waals surface area contributed by atoms with Crippen LogP contribution in [0.15, 0.2) is 24.3 Å². The predicted molar refractivity (Wildman–Crippen MR) is 96.8 cm³/mol. The highest BCUT2D eigenvalue weighted by Crippen LogP contribution is 2.26. The predicted octanol–water partition coefficient (Wildman–Crippen LogP) is 2.27. The summed E-state index contributed by atoms with van der Waals surface area (Å²) >= 11 is 0. The van der Waals surface area contributed by atoms with Gasteiger partial charge >= 0.3 is 0 Å². The van der Waals surface area contributed by atoms with Crippen molar-refractivity contribution in [1.29, 1.82) is 0 Å². The van der Waals surface area contributed by atoms with Gasteiger partial charge in [0.05, 0.1) is 7.11 Å². The van der Waals surface area contributed by atoms with E-state index >= 15 is 0 Å². The number of rotatable bonds is 6. The van der Waals surface area contributed by atoms with E-state index in [4.69, 9.17) is 4.74 Å². The van der Waals surface area contributed by atoms with Crippen molar-refractivity contribution in [3.63, 3.8) is 0 Å². The minimum Gasteiger partial charge on any atom is -0.496 e. The fourth-order valence-electron chi connectivity index (χ4n) is 3.75. The third kappa shape index (κ3) is 4.28. The van der Waals surface area contributed by atoms with Crippen molar-refractivity contribution < 1.29 is 9.53 Å². The maximum Gasteiger partial charge on any atom is 0.223 e. The number of carbonyl (C=O) groups excluding carboxylic acids is 1. The third-order valence-corrected chi connectivity index (χ3v) is 4.97. The van der Waals surface area contributed by atoms with Crippen LogP contribution in [0.5, 0.6) is 5.75 Å². The van der Waals surface area contributed by atoms with Gasteiger partial charge in [-0.1, -0.05) is 25.1 Å². The second kappa shape index (κ2) is 7.53. The van der Waals surface area contributed by atoms with Crippen LogP contribution in [0.3, 0.4) is 0 Å². The molecule has 0 bridgehead atoms. The lowest BCUT2D eigenvalue weighted by atomic mass is 9.83. The van der Waals surface area contributed by atoms with Crippen molar-refractivity contribution in [3.8, 4) is 5.75 Å². The molecule has 0 spiro atoms. The van der Waals surface area contributed by atoms with Crippen LogP contribution in [0, 0.1) is 11.8 Å². The van der Waals surface area contributed by atoms with E-state index in [0.717, 1.165) is 17.7 Å². The van der Waals surface area contributed by atoms with Gasteiger partial charge in [-0.2, -0.15) is 0 Å². The maximum absolute atomic E-state index is 12.8. The summed E-state index contributed by atoms with van der Waals surface area (Å²) in [5, 5.41) is 3.22. The summed E-state index contributed by atoms with van der Waals surface area (Å²) in [6, 6.07) is 8.51. The van der Waals surface area contributed by atoms with E-state index in [9.17, 15) is 4.79 Å². The van der Waals surface area contributed by atoms with E-state index in [1.54, 1.807) is 7.11 Å². The SMILES string of the molecule is COc1ccccc1CC(C)(C)NC(=O)C(C)C1C(C)NNC1C. The van der Waals surface area contributed by atoms with Gasteiger partial charge in [-0.05, 0) is 45.7 Å². The van der Waals surface area contributed by atoms with Crippen LogP contribution in [-0.2, 0) is 11.2 Å². The smallest absolute Gasteiger partial charge is 0.223 e. The van der Waals surface area contributed by atoms with Crippen LogP contribution < -0.4 is 20.9 Å². The van der Waals surface area contributed by atoms with Gasteiger partial charge in [0, 0.05) is 29.5 Å². The Balaban J connectivity index is 2.03. The summed E-state index contributed by atoms with van der Waals surface area (Å²) in [5.74, 6) is 1.17. The number of ether oxygens (including phenoxy) is 1. The van der Waals surface area contributed by atoms with Crippen LogP contribution in [0.4, 0.5) is 0 Å². The van der Waals surface area contributed by atoms with Crippen molar-refractivity contribution >= 4 is 5.91 Å². The lowest BCUT2D eigenvalue weighted by molar-refractivity contribution is -0.128. The number of amides is 1. The first-order valence-electron chi connectivity index (χ1n) is 8.70. The lowest BCUT2D eigenvalue weighted by Crippen LogP contribution is -2.50. The molecule has 2 rings (SSSR count). The number of hydrogen-bond acceptors (Lipinski definition) is 4. The highest BCUT2D eigenvalue weighted by molar-refractivity contribution is 5.79. The molecule has 0 saturated carbocycles. The van der Waals surface area contributed by atoms with Gasteiger partial charge in [-0.15, -0.1) is 0 Å². The minimum absolute atomic E-state index is 0.0607. The fourth-order valence-corrected chi connectivity index (χ4v) is 3.75. The Kier molecular flexibility index (Phi) is 5.88. The minimum atomic E-state index is -0.341. The van der Waals surface area contributed by atoms with Gasteiger partial charge < -0.3 is 10.1 Å². The topological polar surface area (TPSA) is 62.4 Å². The molecule has 1 amide bonds. The fraction of sp³-hybridized carbons (Fsp3) is 0.632. The quantitative estimate of drug-likeness (QED) is 0.747. The van der Waals surface area contributed by atoms with Crippen LogP contribution in [0.2, 0.25) is 0 Å². The van der Waals surface area contributed by atoms with Crippen molar-refractivity contribution in [1.82, 2.24) is 16.2 Å². The molecule has 0 radical (unpaired) electrons. The van der Waals surface area contributed by atoms with Crippen LogP contribution >= 0.6 is 0 Å². The summed E-state index contributed by atoms with van der Waals surface area (Å²) in [4.78, 5) is 12.8. The number of methoxy groups -OCH3 is 1.